The summed E-state index contributed by atoms with van der Waals surface area (Å²) in [6, 6.07) is 10.7. The number of hydrogen-bond donors (Lipinski definition) is 1. The number of nitrogens with zero attached hydrogens (tertiary/aromatic N) is 2. The second kappa shape index (κ2) is 6.12. The SMILES string of the molecule is Cn1cc(C(=O)Nc2ccccc2-c2cccs2)c(C(F)(F)F)n1. The molecule has 0 aliphatic rings. The number of hydrogen-bond acceptors (Lipinski definition) is 3. The van der Waals surface area contributed by atoms with Gasteiger partial charge in [-0.3, -0.25) is 9.48 Å². The lowest BCUT2D eigenvalue weighted by atomic mass is 10.1. The van der Waals surface area contributed by atoms with Crippen LogP contribution in [-0.2, 0) is 13.2 Å². The Morgan fingerprint density at radius 2 is 1.96 bits per heavy atom. The molecule has 1 amide bonds. The molecule has 1 N–H and O–H groups in total. The molecule has 124 valence electrons. The smallest absolute Gasteiger partial charge is 0.321 e. The number of halogens is 3. The molecular formula is C16H12F3N3OS. The van der Waals surface area contributed by atoms with Crippen LogP contribution >= 0.6 is 11.3 Å². The number of anilines is 1. The van der Waals surface area contributed by atoms with Crippen LogP contribution in [0.5, 0.6) is 0 Å². The van der Waals surface area contributed by atoms with E-state index in [0.717, 1.165) is 21.3 Å². The first-order valence-electron chi connectivity index (χ1n) is 6.91. The highest BCUT2D eigenvalue weighted by atomic mass is 32.1. The summed E-state index contributed by atoms with van der Waals surface area (Å²) < 4.78 is 40.0. The molecule has 24 heavy (non-hydrogen) atoms. The highest BCUT2D eigenvalue weighted by Gasteiger charge is 2.39. The third-order valence-electron chi connectivity index (χ3n) is 3.30. The summed E-state index contributed by atoms with van der Waals surface area (Å²) in [7, 11) is 1.34. The van der Waals surface area contributed by atoms with Gasteiger partial charge >= 0.3 is 6.18 Å². The maximum absolute atomic E-state index is 13.0. The Morgan fingerprint density at radius 3 is 2.62 bits per heavy atom. The van der Waals surface area contributed by atoms with Gasteiger partial charge in [-0.25, -0.2) is 0 Å². The molecule has 0 saturated carbocycles. The fourth-order valence-electron chi connectivity index (χ4n) is 2.29. The van der Waals surface area contributed by atoms with E-state index in [-0.39, 0.29) is 0 Å². The third-order valence-corrected chi connectivity index (χ3v) is 4.21. The molecule has 8 heteroatoms. The van der Waals surface area contributed by atoms with E-state index in [9.17, 15) is 18.0 Å². The highest BCUT2D eigenvalue weighted by Crippen LogP contribution is 2.33. The molecule has 0 fully saturated rings. The summed E-state index contributed by atoms with van der Waals surface area (Å²) in [4.78, 5) is 13.3. The fourth-order valence-corrected chi connectivity index (χ4v) is 3.06. The Morgan fingerprint density at radius 1 is 1.21 bits per heavy atom. The third kappa shape index (κ3) is 3.18. The van der Waals surface area contributed by atoms with Crippen molar-refractivity contribution in [1.82, 2.24) is 9.78 Å². The molecule has 2 heterocycles. The molecule has 4 nitrogen and oxygen atoms in total. The van der Waals surface area contributed by atoms with Gasteiger partial charge in [0, 0.05) is 29.4 Å². The van der Waals surface area contributed by atoms with Gasteiger partial charge in [0.2, 0.25) is 0 Å². The standard InChI is InChI=1S/C16H12F3N3OS/c1-22-9-11(14(21-22)16(17,18)19)15(23)20-12-6-3-2-5-10(12)13-7-4-8-24-13/h2-9H,1H3,(H,20,23). The van der Waals surface area contributed by atoms with Crippen molar-refractivity contribution in [1.29, 1.82) is 0 Å². The fraction of sp³-hybridized carbons (Fsp3) is 0.125. The van der Waals surface area contributed by atoms with E-state index in [0.29, 0.717) is 5.69 Å². The number of rotatable bonds is 3. The van der Waals surface area contributed by atoms with Crippen LogP contribution in [0.25, 0.3) is 10.4 Å². The summed E-state index contributed by atoms with van der Waals surface area (Å²) in [5.74, 6) is -0.848. The van der Waals surface area contributed by atoms with Crippen molar-refractivity contribution in [3.05, 3.63) is 59.2 Å². The first-order chi connectivity index (χ1) is 11.4. The van der Waals surface area contributed by atoms with Crippen LogP contribution < -0.4 is 5.32 Å². The van der Waals surface area contributed by atoms with E-state index >= 15 is 0 Å². The van der Waals surface area contributed by atoms with Gasteiger partial charge in [-0.2, -0.15) is 18.3 Å². The van der Waals surface area contributed by atoms with Crippen molar-refractivity contribution in [2.45, 2.75) is 6.18 Å². The number of aromatic nitrogens is 2. The lowest BCUT2D eigenvalue weighted by molar-refractivity contribution is -0.141. The van der Waals surface area contributed by atoms with E-state index in [1.807, 2.05) is 17.5 Å². The zero-order valence-corrected chi connectivity index (χ0v) is 13.3. The first-order valence-corrected chi connectivity index (χ1v) is 7.79. The molecule has 0 aliphatic heterocycles. The monoisotopic (exact) mass is 351 g/mol. The summed E-state index contributed by atoms with van der Waals surface area (Å²) in [5, 5.41) is 7.79. The van der Waals surface area contributed by atoms with Crippen LogP contribution in [0.2, 0.25) is 0 Å². The quantitative estimate of drug-likeness (QED) is 0.759. The van der Waals surface area contributed by atoms with Crippen molar-refractivity contribution in [2.24, 2.45) is 7.05 Å². The minimum Gasteiger partial charge on any atom is -0.321 e. The molecule has 3 rings (SSSR count). The van der Waals surface area contributed by atoms with Crippen LogP contribution in [-0.4, -0.2) is 15.7 Å². The number of aryl methyl sites for hydroxylation is 1. The van der Waals surface area contributed by atoms with Gasteiger partial charge in [0.15, 0.2) is 5.69 Å². The number of amides is 1. The molecule has 0 unspecified atom stereocenters. The minimum atomic E-state index is -4.69. The van der Waals surface area contributed by atoms with Crippen molar-refractivity contribution in [3.8, 4) is 10.4 Å². The number of thiophene rings is 1. The van der Waals surface area contributed by atoms with E-state index in [1.165, 1.54) is 18.4 Å². The molecule has 0 radical (unpaired) electrons. The summed E-state index contributed by atoms with van der Waals surface area (Å²) in [6.45, 7) is 0. The van der Waals surface area contributed by atoms with Crippen molar-refractivity contribution < 1.29 is 18.0 Å². The van der Waals surface area contributed by atoms with Gasteiger partial charge in [-0.05, 0) is 17.5 Å². The molecule has 2 aromatic heterocycles. The Bertz CT molecular complexity index is 869. The van der Waals surface area contributed by atoms with Crippen molar-refractivity contribution in [3.63, 3.8) is 0 Å². The molecule has 0 saturated heterocycles. The van der Waals surface area contributed by atoms with Gasteiger partial charge in [0.25, 0.3) is 5.91 Å². The number of para-hydroxylation sites is 1. The Hall–Kier alpha value is -2.61. The summed E-state index contributed by atoms with van der Waals surface area (Å²) in [6.07, 6.45) is -3.63. The van der Waals surface area contributed by atoms with E-state index in [1.54, 1.807) is 24.3 Å². The number of alkyl halides is 3. The molecular weight excluding hydrogens is 339 g/mol. The zero-order chi connectivity index (χ0) is 17.3. The Balaban J connectivity index is 1.95. The minimum absolute atomic E-state index is 0.446. The predicted molar refractivity (Wildman–Crippen MR) is 85.9 cm³/mol. The lowest BCUT2D eigenvalue weighted by Gasteiger charge is -2.10. The maximum Gasteiger partial charge on any atom is 0.435 e. The van der Waals surface area contributed by atoms with Gasteiger partial charge in [-0.1, -0.05) is 24.3 Å². The Kier molecular flexibility index (Phi) is 4.15. The van der Waals surface area contributed by atoms with E-state index in [2.05, 4.69) is 10.4 Å². The largest absolute Gasteiger partial charge is 0.435 e. The second-order valence-corrected chi connectivity index (χ2v) is 5.99. The van der Waals surface area contributed by atoms with Crippen LogP contribution in [0, 0.1) is 0 Å². The average Bonchev–Trinajstić information content (AvgIpc) is 3.16. The molecule has 0 bridgehead atoms. The summed E-state index contributed by atoms with van der Waals surface area (Å²) in [5.41, 5.74) is -0.512. The molecule has 0 spiro atoms. The normalized spacial score (nSPS) is 11.5. The summed E-state index contributed by atoms with van der Waals surface area (Å²) >= 11 is 1.48. The predicted octanol–water partition coefficient (Wildman–Crippen LogP) is 4.42. The van der Waals surface area contributed by atoms with Crippen LogP contribution in [0.15, 0.2) is 48.0 Å². The number of nitrogens with one attached hydrogen (secondary N) is 1. The van der Waals surface area contributed by atoms with Crippen LogP contribution in [0.4, 0.5) is 18.9 Å². The molecule has 1 aromatic carbocycles. The van der Waals surface area contributed by atoms with E-state index < -0.39 is 23.3 Å². The van der Waals surface area contributed by atoms with Crippen LogP contribution in [0.3, 0.4) is 0 Å². The van der Waals surface area contributed by atoms with Gasteiger partial charge in [0.1, 0.15) is 0 Å². The maximum atomic E-state index is 13.0. The molecule has 0 atom stereocenters. The van der Waals surface area contributed by atoms with Gasteiger partial charge in [-0.15, -0.1) is 11.3 Å². The average molecular weight is 351 g/mol. The topological polar surface area (TPSA) is 46.9 Å². The number of carbonyl (C=O) groups excluding carboxylic acids is 1. The Labute approximate surface area is 139 Å². The second-order valence-electron chi connectivity index (χ2n) is 5.04. The lowest BCUT2D eigenvalue weighted by Crippen LogP contribution is -2.18. The van der Waals surface area contributed by atoms with Crippen LogP contribution in [0.1, 0.15) is 16.1 Å². The van der Waals surface area contributed by atoms with Gasteiger partial charge < -0.3 is 5.32 Å². The highest BCUT2D eigenvalue weighted by molar-refractivity contribution is 7.13. The van der Waals surface area contributed by atoms with Crippen molar-refractivity contribution >= 4 is 22.9 Å². The van der Waals surface area contributed by atoms with Gasteiger partial charge in [0.05, 0.1) is 5.56 Å². The first kappa shape index (κ1) is 16.3. The number of benzene rings is 1. The number of carbonyl (C=O) groups is 1. The molecule has 3 aromatic rings. The molecule has 0 aliphatic carbocycles. The zero-order valence-electron chi connectivity index (χ0n) is 12.5. The van der Waals surface area contributed by atoms with E-state index in [4.69, 9.17) is 0 Å². The van der Waals surface area contributed by atoms with Crippen molar-refractivity contribution in [2.75, 3.05) is 5.32 Å².